The number of likely N-dealkylation sites (tertiary alicyclic amines) is 1. The summed E-state index contributed by atoms with van der Waals surface area (Å²) >= 11 is 0. The quantitative estimate of drug-likeness (QED) is 0.154. The third-order valence-corrected chi connectivity index (χ3v) is 7.58. The Morgan fingerprint density at radius 1 is 1.00 bits per heavy atom. The number of pyridine rings is 1. The number of halogens is 7. The zero-order chi connectivity index (χ0) is 33.2. The van der Waals surface area contributed by atoms with Crippen LogP contribution in [-0.2, 0) is 12.8 Å². The first-order valence-electron chi connectivity index (χ1n) is 14.0. The van der Waals surface area contributed by atoms with Crippen molar-refractivity contribution in [1.29, 1.82) is 0 Å². The molecule has 2 aromatic carbocycles. The average Bonchev–Trinajstić information content (AvgIpc) is 3.40. The standard InChI is InChI=1S/C31H27F7N4O4/c1-18-13-20(19-9-11-41(12-10-19)17-30(33,34)35)5-6-21(18)16-45-25-14-22(32)7-8-23(25)24-3-2-4-27(40-24)42-28(31(36,37)38)26(15-39-42)46-29(43)44/h2-8,13-15,19H,9-12,16-17H2,1H3,(H,43,44). The molecule has 0 radical (unpaired) electrons. The Kier molecular flexibility index (Phi) is 9.24. The van der Waals surface area contributed by atoms with Gasteiger partial charge in [0.25, 0.3) is 0 Å². The fourth-order valence-corrected chi connectivity index (χ4v) is 5.42. The minimum Gasteiger partial charge on any atom is -0.488 e. The van der Waals surface area contributed by atoms with Crippen LogP contribution in [0.4, 0.5) is 35.5 Å². The van der Waals surface area contributed by atoms with Crippen LogP contribution in [-0.4, -0.2) is 56.7 Å². The summed E-state index contributed by atoms with van der Waals surface area (Å²) in [5.41, 5.74) is 1.56. The molecule has 8 nitrogen and oxygen atoms in total. The molecule has 0 spiro atoms. The molecule has 0 saturated carbocycles. The number of rotatable bonds is 8. The van der Waals surface area contributed by atoms with E-state index >= 15 is 0 Å². The lowest BCUT2D eigenvalue weighted by Gasteiger charge is -2.32. The van der Waals surface area contributed by atoms with Gasteiger partial charge in [-0.1, -0.05) is 24.3 Å². The van der Waals surface area contributed by atoms with E-state index in [1.54, 1.807) is 0 Å². The predicted molar refractivity (Wildman–Crippen MR) is 150 cm³/mol. The van der Waals surface area contributed by atoms with Crippen molar-refractivity contribution < 1.29 is 50.1 Å². The van der Waals surface area contributed by atoms with Gasteiger partial charge in [0.15, 0.2) is 17.3 Å². The van der Waals surface area contributed by atoms with E-state index in [-0.39, 0.29) is 35.3 Å². The van der Waals surface area contributed by atoms with Gasteiger partial charge >= 0.3 is 18.5 Å². The molecule has 2 aromatic heterocycles. The van der Waals surface area contributed by atoms with Gasteiger partial charge in [0, 0.05) is 11.6 Å². The second kappa shape index (κ2) is 13.0. The lowest BCUT2D eigenvalue weighted by molar-refractivity contribution is -0.148. The second-order valence-electron chi connectivity index (χ2n) is 10.8. The number of nitrogens with zero attached hydrogens (tertiary/aromatic N) is 4. The van der Waals surface area contributed by atoms with E-state index in [1.807, 2.05) is 25.1 Å². The summed E-state index contributed by atoms with van der Waals surface area (Å²) in [6, 6.07) is 13.5. The maximum atomic E-state index is 14.3. The Hall–Kier alpha value is -4.66. The Labute approximate surface area is 258 Å². The van der Waals surface area contributed by atoms with Crippen LogP contribution in [0.25, 0.3) is 17.1 Å². The highest BCUT2D eigenvalue weighted by Gasteiger charge is 2.41. The number of piperidine rings is 1. The maximum Gasteiger partial charge on any atom is 0.511 e. The summed E-state index contributed by atoms with van der Waals surface area (Å²) in [6.45, 7) is 1.65. The highest BCUT2D eigenvalue weighted by Crippen LogP contribution is 2.38. The van der Waals surface area contributed by atoms with Crippen LogP contribution in [0.1, 0.15) is 41.1 Å². The summed E-state index contributed by atoms with van der Waals surface area (Å²) in [7, 11) is 0. The Morgan fingerprint density at radius 2 is 1.74 bits per heavy atom. The van der Waals surface area contributed by atoms with E-state index in [9.17, 15) is 35.5 Å². The van der Waals surface area contributed by atoms with Crippen molar-refractivity contribution in [3.05, 3.63) is 89.0 Å². The molecule has 15 heteroatoms. The van der Waals surface area contributed by atoms with Crippen LogP contribution in [0.2, 0.25) is 0 Å². The summed E-state index contributed by atoms with van der Waals surface area (Å²) in [5, 5.41) is 12.5. The molecule has 3 heterocycles. The number of carboxylic acid groups (broad SMARTS) is 1. The summed E-state index contributed by atoms with van der Waals surface area (Å²) in [6.07, 6.45) is -9.41. The minimum absolute atomic E-state index is 0.0134. The molecule has 1 N–H and O–H groups in total. The number of alkyl halides is 6. The van der Waals surface area contributed by atoms with Gasteiger partial charge in [-0.05, 0) is 79.7 Å². The molecule has 4 aromatic rings. The van der Waals surface area contributed by atoms with Crippen LogP contribution >= 0.6 is 0 Å². The predicted octanol–water partition coefficient (Wildman–Crippen LogP) is 7.78. The molecule has 244 valence electrons. The van der Waals surface area contributed by atoms with Gasteiger partial charge in [0.2, 0.25) is 0 Å². The van der Waals surface area contributed by atoms with E-state index < -0.39 is 42.3 Å². The molecule has 0 atom stereocenters. The van der Waals surface area contributed by atoms with Crippen molar-refractivity contribution in [2.24, 2.45) is 0 Å². The summed E-state index contributed by atoms with van der Waals surface area (Å²) < 4.78 is 105. The maximum absolute atomic E-state index is 14.3. The first kappa shape index (κ1) is 32.7. The van der Waals surface area contributed by atoms with Crippen LogP contribution in [0.5, 0.6) is 11.5 Å². The van der Waals surface area contributed by atoms with Crippen LogP contribution in [0, 0.1) is 12.7 Å². The monoisotopic (exact) mass is 652 g/mol. The average molecular weight is 653 g/mol. The number of ether oxygens (including phenoxy) is 2. The van der Waals surface area contributed by atoms with E-state index in [1.165, 1.54) is 29.2 Å². The first-order valence-corrected chi connectivity index (χ1v) is 14.0. The van der Waals surface area contributed by atoms with Crippen molar-refractivity contribution in [3.8, 4) is 28.6 Å². The van der Waals surface area contributed by atoms with Gasteiger partial charge in [-0.15, -0.1) is 0 Å². The van der Waals surface area contributed by atoms with Crippen LogP contribution in [0.15, 0.2) is 60.8 Å². The number of benzene rings is 2. The van der Waals surface area contributed by atoms with E-state index in [0.717, 1.165) is 28.8 Å². The van der Waals surface area contributed by atoms with Gasteiger partial charge in [0.1, 0.15) is 18.2 Å². The molecule has 1 saturated heterocycles. The van der Waals surface area contributed by atoms with Crippen molar-refractivity contribution in [2.45, 2.75) is 44.6 Å². The number of carbonyl (C=O) groups is 1. The zero-order valence-electron chi connectivity index (χ0n) is 24.2. The molecule has 0 unspecified atom stereocenters. The molecule has 0 aliphatic carbocycles. The SMILES string of the molecule is Cc1cc(C2CCN(CC(F)(F)F)CC2)ccc1COc1cc(F)ccc1-c1cccc(-n2ncc(OC(=O)O)c2C(F)(F)F)n1. The molecule has 0 amide bonds. The van der Waals surface area contributed by atoms with Gasteiger partial charge < -0.3 is 14.6 Å². The number of hydrogen-bond donors (Lipinski definition) is 1. The van der Waals surface area contributed by atoms with Crippen molar-refractivity contribution in [2.75, 3.05) is 19.6 Å². The smallest absolute Gasteiger partial charge is 0.488 e. The Balaban J connectivity index is 1.34. The topological polar surface area (TPSA) is 89.7 Å². The van der Waals surface area contributed by atoms with Gasteiger partial charge in [0.05, 0.1) is 18.4 Å². The highest BCUT2D eigenvalue weighted by atomic mass is 19.4. The zero-order valence-corrected chi connectivity index (χ0v) is 24.2. The van der Waals surface area contributed by atoms with Crippen molar-refractivity contribution >= 4 is 6.16 Å². The van der Waals surface area contributed by atoms with Crippen molar-refractivity contribution in [3.63, 3.8) is 0 Å². The van der Waals surface area contributed by atoms with Crippen LogP contribution < -0.4 is 9.47 Å². The fourth-order valence-electron chi connectivity index (χ4n) is 5.42. The molecular formula is C31H27F7N4O4. The Morgan fingerprint density at radius 3 is 2.39 bits per heavy atom. The Bertz CT molecular complexity index is 1710. The molecule has 1 fully saturated rings. The largest absolute Gasteiger partial charge is 0.511 e. The number of aryl methyl sites for hydroxylation is 1. The van der Waals surface area contributed by atoms with E-state index in [0.29, 0.717) is 36.8 Å². The third-order valence-electron chi connectivity index (χ3n) is 7.58. The first-order chi connectivity index (χ1) is 21.7. The molecule has 1 aliphatic heterocycles. The summed E-state index contributed by atoms with van der Waals surface area (Å²) in [5.74, 6) is -1.77. The molecule has 46 heavy (non-hydrogen) atoms. The van der Waals surface area contributed by atoms with E-state index in [2.05, 4.69) is 14.8 Å². The lowest BCUT2D eigenvalue weighted by Crippen LogP contribution is -2.39. The minimum atomic E-state index is -5.04. The molecule has 0 bridgehead atoms. The molecular weight excluding hydrogens is 625 g/mol. The van der Waals surface area contributed by atoms with Gasteiger partial charge in [-0.2, -0.15) is 31.4 Å². The van der Waals surface area contributed by atoms with Crippen LogP contribution in [0.3, 0.4) is 0 Å². The normalized spacial score (nSPS) is 14.8. The lowest BCUT2D eigenvalue weighted by atomic mass is 9.88. The number of aromatic nitrogens is 3. The fraction of sp³-hybridized carbons (Fsp3) is 0.323. The number of hydrogen-bond acceptors (Lipinski definition) is 6. The molecule has 5 rings (SSSR count). The second-order valence-corrected chi connectivity index (χ2v) is 10.8. The molecule has 1 aliphatic rings. The third kappa shape index (κ3) is 7.76. The van der Waals surface area contributed by atoms with Gasteiger partial charge in [-0.25, -0.2) is 18.9 Å². The highest BCUT2D eigenvalue weighted by molar-refractivity contribution is 5.68. The summed E-state index contributed by atoms with van der Waals surface area (Å²) in [4.78, 5) is 16.6. The van der Waals surface area contributed by atoms with E-state index in [4.69, 9.17) is 9.84 Å². The van der Waals surface area contributed by atoms with Crippen molar-refractivity contribution in [1.82, 2.24) is 19.7 Å². The van der Waals surface area contributed by atoms with Gasteiger partial charge in [-0.3, -0.25) is 4.90 Å².